The highest BCUT2D eigenvalue weighted by atomic mass is 32.2. The molecular formula is C30H47N5O2S. The summed E-state index contributed by atoms with van der Waals surface area (Å²) in [6.07, 6.45) is 16.1. The van der Waals surface area contributed by atoms with E-state index in [-0.39, 0.29) is 0 Å². The number of para-hydroxylation sites is 2. The lowest BCUT2D eigenvalue weighted by molar-refractivity contribution is 0.0712. The molecule has 1 aromatic carbocycles. The minimum atomic E-state index is -3.12. The minimum Gasteiger partial charge on any atom is -0.325 e. The molecule has 2 aliphatic heterocycles. The van der Waals surface area contributed by atoms with Gasteiger partial charge in [-0.05, 0) is 75.0 Å². The van der Waals surface area contributed by atoms with Crippen LogP contribution in [0.25, 0.3) is 11.0 Å². The predicted molar refractivity (Wildman–Crippen MR) is 154 cm³/mol. The Balaban J connectivity index is 1.10. The summed E-state index contributed by atoms with van der Waals surface area (Å²) in [7, 11) is -3.12. The van der Waals surface area contributed by atoms with Gasteiger partial charge in [-0.1, -0.05) is 37.8 Å². The Morgan fingerprint density at radius 2 is 1.66 bits per heavy atom. The molecule has 1 unspecified atom stereocenters. The first-order valence-electron chi connectivity index (χ1n) is 15.3. The van der Waals surface area contributed by atoms with Crippen molar-refractivity contribution in [3.05, 3.63) is 30.1 Å². The number of nitrogens with zero attached hydrogens (tertiary/aromatic N) is 4. The maximum atomic E-state index is 11.4. The molecule has 4 fully saturated rings. The van der Waals surface area contributed by atoms with Gasteiger partial charge in [-0.2, -0.15) is 0 Å². The zero-order valence-corrected chi connectivity index (χ0v) is 24.0. The Kier molecular flexibility index (Phi) is 8.13. The van der Waals surface area contributed by atoms with Crippen LogP contribution in [-0.2, 0) is 16.4 Å². The smallest absolute Gasteiger partial charge is 0.208 e. The molecule has 6 rings (SSSR count). The van der Waals surface area contributed by atoms with Crippen molar-refractivity contribution >= 4 is 21.1 Å². The number of likely N-dealkylation sites (tertiary alicyclic amines) is 2. The maximum absolute atomic E-state index is 11.4. The van der Waals surface area contributed by atoms with E-state index in [1.807, 2.05) is 0 Å². The van der Waals surface area contributed by atoms with E-state index in [0.29, 0.717) is 18.5 Å². The molecule has 2 saturated carbocycles. The lowest BCUT2D eigenvalue weighted by Crippen LogP contribution is -2.45. The van der Waals surface area contributed by atoms with Gasteiger partial charge in [0.25, 0.3) is 0 Å². The van der Waals surface area contributed by atoms with Gasteiger partial charge in [-0.25, -0.2) is 18.1 Å². The topological polar surface area (TPSA) is 70.5 Å². The maximum Gasteiger partial charge on any atom is 0.208 e. The highest BCUT2D eigenvalue weighted by molar-refractivity contribution is 7.88. The summed E-state index contributed by atoms with van der Waals surface area (Å²) in [5.41, 5.74) is 2.44. The zero-order valence-electron chi connectivity index (χ0n) is 23.2. The van der Waals surface area contributed by atoms with Crippen molar-refractivity contribution in [3.8, 4) is 0 Å². The first-order chi connectivity index (χ1) is 18.4. The van der Waals surface area contributed by atoms with Crippen molar-refractivity contribution in [2.75, 3.05) is 45.5 Å². The number of fused-ring (bicyclic) bond motifs is 3. The van der Waals surface area contributed by atoms with E-state index >= 15 is 0 Å². The van der Waals surface area contributed by atoms with Crippen LogP contribution in [0.3, 0.4) is 0 Å². The largest absolute Gasteiger partial charge is 0.325 e. The van der Waals surface area contributed by atoms with Crippen LogP contribution in [0.15, 0.2) is 24.3 Å². The van der Waals surface area contributed by atoms with E-state index in [0.717, 1.165) is 55.9 Å². The summed E-state index contributed by atoms with van der Waals surface area (Å²) in [6, 6.07) is 10.1. The Morgan fingerprint density at radius 1 is 0.921 bits per heavy atom. The van der Waals surface area contributed by atoms with Crippen molar-refractivity contribution in [2.45, 2.75) is 82.7 Å². The molecule has 1 N–H and O–H groups in total. The number of piperidine rings is 1. The fraction of sp³-hybridized carbons (Fsp3) is 0.767. The number of aromatic nitrogens is 2. The van der Waals surface area contributed by atoms with Gasteiger partial charge in [0, 0.05) is 51.2 Å². The minimum absolute atomic E-state index is 0.491. The molecule has 3 heterocycles. The van der Waals surface area contributed by atoms with Crippen LogP contribution < -0.4 is 4.72 Å². The number of benzene rings is 1. The average Bonchev–Trinajstić information content (AvgIpc) is 3.45. The summed E-state index contributed by atoms with van der Waals surface area (Å²) >= 11 is 0. The molecule has 2 bridgehead atoms. The SMILES string of the molecule is CS(=O)(=O)NCCN1CC[C@@H](Cc2nc3ccccc3n2C2CCN(C3C[C@H]4CCCC[C@@H](C3)C4)CC2)C1. The number of imidazole rings is 1. The zero-order chi connectivity index (χ0) is 26.1. The standard InChI is InChI=1S/C30H47N5O2S/c1-38(36,37)31-13-17-33-14-10-25(22-33)21-30-32-28-8-4-5-9-29(28)35(30)26-11-15-34(16-12-26)27-19-23-6-2-3-7-24(18-23)20-27/h4-5,8-9,23-27,31H,2-3,6-7,10-22H2,1H3/t23-,24+,25-,27?/m0/s1. The third kappa shape index (κ3) is 6.29. The van der Waals surface area contributed by atoms with E-state index in [4.69, 9.17) is 4.98 Å². The Morgan fingerprint density at radius 3 is 2.39 bits per heavy atom. The molecule has 210 valence electrons. The van der Waals surface area contributed by atoms with Crippen LogP contribution in [0, 0.1) is 17.8 Å². The molecule has 0 spiro atoms. The van der Waals surface area contributed by atoms with E-state index in [1.54, 1.807) is 0 Å². The number of sulfonamides is 1. The summed E-state index contributed by atoms with van der Waals surface area (Å²) in [5.74, 6) is 3.80. The van der Waals surface area contributed by atoms with Crippen LogP contribution in [0.1, 0.15) is 76.1 Å². The van der Waals surface area contributed by atoms with Crippen molar-refractivity contribution in [1.29, 1.82) is 0 Å². The molecule has 8 heteroatoms. The molecule has 0 radical (unpaired) electrons. The lowest BCUT2D eigenvalue weighted by atomic mass is 9.77. The van der Waals surface area contributed by atoms with Gasteiger partial charge in [0.15, 0.2) is 0 Å². The number of hydrogen-bond donors (Lipinski definition) is 1. The Hall–Kier alpha value is -1.48. The molecule has 2 saturated heterocycles. The van der Waals surface area contributed by atoms with E-state index in [2.05, 4.69) is 43.4 Å². The van der Waals surface area contributed by atoms with E-state index in [9.17, 15) is 8.42 Å². The van der Waals surface area contributed by atoms with Gasteiger partial charge in [-0.3, -0.25) is 0 Å². The molecule has 2 aliphatic carbocycles. The third-order valence-electron chi connectivity index (χ3n) is 10.0. The van der Waals surface area contributed by atoms with Crippen LogP contribution in [0.5, 0.6) is 0 Å². The average molecular weight is 542 g/mol. The highest BCUT2D eigenvalue weighted by Crippen LogP contribution is 2.41. The summed E-state index contributed by atoms with van der Waals surface area (Å²) in [5, 5.41) is 0. The molecule has 4 aliphatic rings. The molecule has 4 atom stereocenters. The molecule has 7 nitrogen and oxygen atoms in total. The quantitative estimate of drug-likeness (QED) is 0.535. The molecule has 38 heavy (non-hydrogen) atoms. The normalized spacial score (nSPS) is 30.1. The molecule has 1 aromatic heterocycles. The molecule has 0 amide bonds. The Labute approximate surface area is 229 Å². The summed E-state index contributed by atoms with van der Waals surface area (Å²) < 4.78 is 28.1. The van der Waals surface area contributed by atoms with Crippen LogP contribution in [0.4, 0.5) is 0 Å². The van der Waals surface area contributed by atoms with Gasteiger partial charge in [0.2, 0.25) is 10.0 Å². The Bertz CT molecular complexity index is 1170. The summed E-state index contributed by atoms with van der Waals surface area (Å²) in [6.45, 7) is 5.79. The van der Waals surface area contributed by atoms with Gasteiger partial charge in [-0.15, -0.1) is 0 Å². The second-order valence-corrected chi connectivity index (χ2v) is 14.7. The van der Waals surface area contributed by atoms with Gasteiger partial charge in [0.1, 0.15) is 5.82 Å². The van der Waals surface area contributed by atoms with E-state index < -0.39 is 10.0 Å². The van der Waals surface area contributed by atoms with E-state index in [1.165, 1.54) is 88.5 Å². The first kappa shape index (κ1) is 26.7. The second kappa shape index (κ2) is 11.6. The molecular weight excluding hydrogens is 494 g/mol. The van der Waals surface area contributed by atoms with Gasteiger partial charge < -0.3 is 14.4 Å². The number of nitrogens with one attached hydrogen (secondary N) is 1. The van der Waals surface area contributed by atoms with Gasteiger partial charge >= 0.3 is 0 Å². The van der Waals surface area contributed by atoms with Crippen molar-refractivity contribution in [3.63, 3.8) is 0 Å². The number of rotatable bonds is 8. The fourth-order valence-electron chi connectivity index (χ4n) is 8.25. The number of hydrogen-bond acceptors (Lipinski definition) is 5. The molecule has 2 aromatic rings. The summed E-state index contributed by atoms with van der Waals surface area (Å²) in [4.78, 5) is 10.4. The third-order valence-corrected chi connectivity index (χ3v) is 10.8. The first-order valence-corrected chi connectivity index (χ1v) is 17.2. The lowest BCUT2D eigenvalue weighted by Gasteiger charge is -2.43. The van der Waals surface area contributed by atoms with Crippen molar-refractivity contribution in [2.24, 2.45) is 17.8 Å². The monoisotopic (exact) mass is 541 g/mol. The predicted octanol–water partition coefficient (Wildman–Crippen LogP) is 4.45. The highest BCUT2D eigenvalue weighted by Gasteiger charge is 2.36. The van der Waals surface area contributed by atoms with Crippen molar-refractivity contribution in [1.82, 2.24) is 24.1 Å². The van der Waals surface area contributed by atoms with Crippen LogP contribution in [-0.4, -0.2) is 79.3 Å². The van der Waals surface area contributed by atoms with Crippen LogP contribution in [0.2, 0.25) is 0 Å². The van der Waals surface area contributed by atoms with Crippen molar-refractivity contribution < 1.29 is 8.42 Å². The second-order valence-electron chi connectivity index (χ2n) is 12.9. The van der Waals surface area contributed by atoms with Crippen LogP contribution >= 0.6 is 0 Å². The van der Waals surface area contributed by atoms with Gasteiger partial charge in [0.05, 0.1) is 17.3 Å². The fourth-order valence-corrected chi connectivity index (χ4v) is 8.71.